The number of halogens is 1. The zero-order chi connectivity index (χ0) is 15.0. The normalized spacial score (nSPS) is 29.1. The van der Waals surface area contributed by atoms with E-state index >= 15 is 0 Å². The van der Waals surface area contributed by atoms with E-state index in [4.69, 9.17) is 0 Å². The Bertz CT molecular complexity index is 538. The maximum absolute atomic E-state index is 14.0. The Balaban J connectivity index is 1.71. The lowest BCUT2D eigenvalue weighted by Crippen LogP contribution is -2.52. The van der Waals surface area contributed by atoms with E-state index < -0.39 is 10.7 Å². The van der Waals surface area contributed by atoms with E-state index in [-0.39, 0.29) is 11.7 Å². The average molecular weight is 293 g/mol. The number of hydrogen-bond donors (Lipinski definition) is 1. The Kier molecular flexibility index (Phi) is 3.80. The zero-order valence-electron chi connectivity index (χ0n) is 12.1. The van der Waals surface area contributed by atoms with Crippen LogP contribution in [0.2, 0.25) is 0 Å². The number of benzene rings is 1. The van der Waals surface area contributed by atoms with Crippen molar-refractivity contribution < 1.29 is 9.31 Å². The number of anilines is 1. The van der Waals surface area contributed by atoms with Gasteiger partial charge in [-0.3, -0.25) is 10.1 Å². The second kappa shape index (κ2) is 5.60. The van der Waals surface area contributed by atoms with Gasteiger partial charge in [0.25, 0.3) is 5.69 Å². The molecule has 0 radical (unpaired) electrons. The molecule has 21 heavy (non-hydrogen) atoms. The second-order valence-electron chi connectivity index (χ2n) is 6.14. The van der Waals surface area contributed by atoms with Crippen molar-refractivity contribution in [3.8, 4) is 0 Å². The van der Waals surface area contributed by atoms with E-state index in [9.17, 15) is 14.5 Å². The molecule has 2 heterocycles. The quantitative estimate of drug-likeness (QED) is 0.687. The van der Waals surface area contributed by atoms with Gasteiger partial charge in [0, 0.05) is 24.2 Å². The summed E-state index contributed by atoms with van der Waals surface area (Å²) in [5.41, 5.74) is 0.159. The molecule has 0 saturated carbocycles. The highest BCUT2D eigenvalue weighted by molar-refractivity contribution is 5.50. The van der Waals surface area contributed by atoms with Crippen LogP contribution in [-0.2, 0) is 0 Å². The molecule has 0 spiro atoms. The molecule has 1 aromatic rings. The van der Waals surface area contributed by atoms with Gasteiger partial charge in [0.1, 0.15) is 0 Å². The van der Waals surface area contributed by atoms with Crippen LogP contribution >= 0.6 is 0 Å². The SMILES string of the molecule is CN1C2CCCC1CC(Nc1ccc([N+](=O)[O-])cc1F)C2. The van der Waals surface area contributed by atoms with Crippen molar-refractivity contribution in [2.45, 2.75) is 50.2 Å². The summed E-state index contributed by atoms with van der Waals surface area (Å²) in [5, 5.41) is 13.9. The lowest BCUT2D eigenvalue weighted by Gasteiger charge is -2.47. The molecule has 0 amide bonds. The van der Waals surface area contributed by atoms with Gasteiger partial charge in [-0.05, 0) is 38.8 Å². The number of piperidine rings is 2. The van der Waals surface area contributed by atoms with Gasteiger partial charge in [0.15, 0.2) is 5.82 Å². The monoisotopic (exact) mass is 293 g/mol. The molecule has 2 unspecified atom stereocenters. The van der Waals surface area contributed by atoms with Crippen molar-refractivity contribution in [1.29, 1.82) is 0 Å². The van der Waals surface area contributed by atoms with E-state index in [2.05, 4.69) is 17.3 Å². The molecule has 2 aliphatic heterocycles. The fourth-order valence-corrected chi connectivity index (χ4v) is 3.69. The van der Waals surface area contributed by atoms with Crippen LogP contribution in [0.15, 0.2) is 18.2 Å². The summed E-state index contributed by atoms with van der Waals surface area (Å²) in [7, 11) is 2.18. The summed E-state index contributed by atoms with van der Waals surface area (Å²) in [6, 6.07) is 5.18. The van der Waals surface area contributed by atoms with Gasteiger partial charge in [-0.15, -0.1) is 0 Å². The zero-order valence-corrected chi connectivity index (χ0v) is 12.1. The third-order valence-electron chi connectivity index (χ3n) is 4.86. The van der Waals surface area contributed by atoms with Gasteiger partial charge in [0.2, 0.25) is 0 Å². The predicted octanol–water partition coefficient (Wildman–Crippen LogP) is 3.16. The third-order valence-corrected chi connectivity index (χ3v) is 4.86. The topological polar surface area (TPSA) is 58.4 Å². The van der Waals surface area contributed by atoms with Crippen molar-refractivity contribution >= 4 is 11.4 Å². The number of nitrogens with zero attached hydrogens (tertiary/aromatic N) is 2. The van der Waals surface area contributed by atoms with E-state index in [1.165, 1.54) is 31.4 Å². The molecule has 3 rings (SSSR count). The van der Waals surface area contributed by atoms with Gasteiger partial charge >= 0.3 is 0 Å². The van der Waals surface area contributed by atoms with Crippen molar-refractivity contribution in [3.63, 3.8) is 0 Å². The first-order valence-corrected chi connectivity index (χ1v) is 7.47. The van der Waals surface area contributed by atoms with Crippen LogP contribution in [0.3, 0.4) is 0 Å². The molecule has 1 aromatic carbocycles. The molecule has 0 aromatic heterocycles. The fourth-order valence-electron chi connectivity index (χ4n) is 3.69. The molecule has 2 bridgehead atoms. The maximum atomic E-state index is 14.0. The minimum atomic E-state index is -0.577. The summed E-state index contributed by atoms with van der Waals surface area (Å²) in [5.74, 6) is -0.548. The van der Waals surface area contributed by atoms with Gasteiger partial charge in [0.05, 0.1) is 16.7 Å². The number of nitro groups is 1. The van der Waals surface area contributed by atoms with Crippen molar-refractivity contribution in [3.05, 3.63) is 34.1 Å². The molecular formula is C15H20FN3O2. The molecule has 114 valence electrons. The number of rotatable bonds is 3. The molecule has 2 saturated heterocycles. The summed E-state index contributed by atoms with van der Waals surface area (Å²) < 4.78 is 14.0. The molecule has 2 fully saturated rings. The van der Waals surface area contributed by atoms with Crippen LogP contribution in [0, 0.1) is 15.9 Å². The largest absolute Gasteiger partial charge is 0.380 e. The first-order valence-electron chi connectivity index (χ1n) is 7.47. The first kappa shape index (κ1) is 14.3. The third kappa shape index (κ3) is 2.85. The molecule has 0 aliphatic carbocycles. The summed E-state index contributed by atoms with van der Waals surface area (Å²) >= 11 is 0. The van der Waals surface area contributed by atoms with Gasteiger partial charge < -0.3 is 10.2 Å². The molecule has 2 aliphatic rings. The average Bonchev–Trinajstić information content (AvgIpc) is 2.42. The Labute approximate surface area is 123 Å². The molecular weight excluding hydrogens is 273 g/mol. The van der Waals surface area contributed by atoms with E-state index in [1.807, 2.05) is 0 Å². The predicted molar refractivity (Wildman–Crippen MR) is 78.9 cm³/mol. The first-order chi connectivity index (χ1) is 10.0. The van der Waals surface area contributed by atoms with Crippen molar-refractivity contribution in [2.75, 3.05) is 12.4 Å². The van der Waals surface area contributed by atoms with Crippen LogP contribution in [0.4, 0.5) is 15.8 Å². The number of nitrogens with one attached hydrogen (secondary N) is 1. The fraction of sp³-hybridized carbons (Fsp3) is 0.600. The van der Waals surface area contributed by atoms with Gasteiger partial charge in [-0.25, -0.2) is 4.39 Å². The van der Waals surface area contributed by atoms with Crippen LogP contribution in [0.25, 0.3) is 0 Å². The van der Waals surface area contributed by atoms with E-state index in [1.54, 1.807) is 0 Å². The lowest BCUT2D eigenvalue weighted by molar-refractivity contribution is -0.385. The van der Waals surface area contributed by atoms with Crippen LogP contribution < -0.4 is 5.32 Å². The molecule has 6 heteroatoms. The highest BCUT2D eigenvalue weighted by Gasteiger charge is 2.36. The number of non-ortho nitro benzene ring substituents is 1. The Morgan fingerprint density at radius 3 is 2.57 bits per heavy atom. The molecule has 1 N–H and O–H groups in total. The number of nitro benzene ring substituents is 1. The molecule has 2 atom stereocenters. The number of hydrogen-bond acceptors (Lipinski definition) is 4. The van der Waals surface area contributed by atoms with Crippen LogP contribution in [0.1, 0.15) is 32.1 Å². The van der Waals surface area contributed by atoms with Crippen LogP contribution in [-0.4, -0.2) is 35.0 Å². The summed E-state index contributed by atoms with van der Waals surface area (Å²) in [6.45, 7) is 0. The lowest BCUT2D eigenvalue weighted by atomic mass is 9.82. The van der Waals surface area contributed by atoms with E-state index in [0.29, 0.717) is 17.8 Å². The highest BCUT2D eigenvalue weighted by Crippen LogP contribution is 2.34. The van der Waals surface area contributed by atoms with Crippen molar-refractivity contribution in [2.24, 2.45) is 0 Å². The number of fused-ring (bicyclic) bond motifs is 2. The summed E-state index contributed by atoms with van der Waals surface area (Å²) in [6.07, 6.45) is 5.69. The van der Waals surface area contributed by atoms with Gasteiger partial charge in [-0.1, -0.05) is 6.42 Å². The Morgan fingerprint density at radius 1 is 1.33 bits per heavy atom. The highest BCUT2D eigenvalue weighted by atomic mass is 19.1. The standard InChI is InChI=1S/C15H20FN3O2/c1-18-11-3-2-4-12(18)8-10(7-11)17-15-6-5-13(19(20)21)9-14(15)16/h5-6,9-12,17H,2-4,7-8H2,1H3. The maximum Gasteiger partial charge on any atom is 0.272 e. The minimum absolute atomic E-state index is 0.210. The van der Waals surface area contributed by atoms with Crippen molar-refractivity contribution in [1.82, 2.24) is 4.90 Å². The second-order valence-corrected chi connectivity index (χ2v) is 6.14. The molecule has 5 nitrogen and oxygen atoms in total. The Morgan fingerprint density at radius 2 is 2.00 bits per heavy atom. The van der Waals surface area contributed by atoms with Crippen LogP contribution in [0.5, 0.6) is 0 Å². The van der Waals surface area contributed by atoms with Gasteiger partial charge in [-0.2, -0.15) is 0 Å². The summed E-state index contributed by atoms with van der Waals surface area (Å²) in [4.78, 5) is 12.5. The minimum Gasteiger partial charge on any atom is -0.380 e. The Hall–Kier alpha value is -1.69. The smallest absolute Gasteiger partial charge is 0.272 e. The van der Waals surface area contributed by atoms with E-state index in [0.717, 1.165) is 18.9 Å².